The van der Waals surface area contributed by atoms with Gasteiger partial charge in [-0.3, -0.25) is 0 Å². The molecule has 3 N–H and O–H groups in total. The van der Waals surface area contributed by atoms with Gasteiger partial charge in [0.2, 0.25) is 15.8 Å². The lowest BCUT2D eigenvalue weighted by atomic mass is 10.4. The summed E-state index contributed by atoms with van der Waals surface area (Å²) in [5, 5.41) is 13.3. The van der Waals surface area contributed by atoms with Crippen LogP contribution in [0.1, 0.15) is 0 Å². The van der Waals surface area contributed by atoms with Gasteiger partial charge in [0.1, 0.15) is 0 Å². The molecule has 0 radical (unpaired) electrons. The topological polar surface area (TPSA) is 121 Å². The van der Waals surface area contributed by atoms with Crippen molar-refractivity contribution in [1.82, 2.24) is 0 Å². The molecule has 0 aliphatic rings. The summed E-state index contributed by atoms with van der Waals surface area (Å²) in [6, 6.07) is 4.92. The summed E-state index contributed by atoms with van der Waals surface area (Å²) in [5.74, 6) is -1.71. The van der Waals surface area contributed by atoms with Crippen molar-refractivity contribution in [2.24, 2.45) is 5.14 Å². The number of hydrogen-bond donors (Lipinski definition) is 2. The van der Waals surface area contributed by atoms with E-state index in [1.807, 2.05) is 0 Å². The molecule has 8 heteroatoms. The van der Waals surface area contributed by atoms with Gasteiger partial charge in [0.15, 0.2) is 4.90 Å². The SMILES string of the molecule is NS(=O)(=O)c1ccc([S+]([O-])CC(=O)O)cc1. The van der Waals surface area contributed by atoms with Gasteiger partial charge in [-0.1, -0.05) is 0 Å². The monoisotopic (exact) mass is 263 g/mol. The van der Waals surface area contributed by atoms with Gasteiger partial charge in [-0.2, -0.15) is 0 Å². The Kier molecular flexibility index (Phi) is 3.92. The molecule has 0 saturated heterocycles. The predicted molar refractivity (Wildman–Crippen MR) is 56.7 cm³/mol. The van der Waals surface area contributed by atoms with Crippen LogP contribution in [0.25, 0.3) is 0 Å². The van der Waals surface area contributed by atoms with E-state index in [4.69, 9.17) is 10.2 Å². The molecule has 88 valence electrons. The summed E-state index contributed by atoms with van der Waals surface area (Å²) in [6.45, 7) is 0. The first-order valence-corrected chi connectivity index (χ1v) is 6.90. The van der Waals surface area contributed by atoms with Gasteiger partial charge < -0.3 is 9.66 Å². The molecule has 1 aromatic carbocycles. The molecule has 0 aromatic heterocycles. The number of primary sulfonamides is 1. The number of carboxylic acid groups (broad SMARTS) is 1. The van der Waals surface area contributed by atoms with Gasteiger partial charge >= 0.3 is 5.97 Å². The number of sulfonamides is 1. The number of carbonyl (C=O) groups is 1. The maximum absolute atomic E-state index is 11.4. The van der Waals surface area contributed by atoms with E-state index in [2.05, 4.69) is 0 Å². The first-order valence-electron chi connectivity index (χ1n) is 4.04. The normalized spacial score (nSPS) is 13.4. The summed E-state index contributed by atoms with van der Waals surface area (Å²) in [5.41, 5.74) is 0. The van der Waals surface area contributed by atoms with Gasteiger partial charge in [-0.15, -0.1) is 0 Å². The zero-order valence-corrected chi connectivity index (χ0v) is 9.62. The molecule has 0 bridgehead atoms. The summed E-state index contributed by atoms with van der Waals surface area (Å²) < 4.78 is 33.2. The zero-order chi connectivity index (χ0) is 12.3. The third-order valence-electron chi connectivity index (χ3n) is 1.67. The van der Waals surface area contributed by atoms with E-state index < -0.39 is 32.9 Å². The van der Waals surface area contributed by atoms with Crippen LogP contribution in [0.3, 0.4) is 0 Å². The summed E-state index contributed by atoms with van der Waals surface area (Å²) >= 11 is -1.68. The zero-order valence-electron chi connectivity index (χ0n) is 7.99. The van der Waals surface area contributed by atoms with Crippen LogP contribution < -0.4 is 5.14 Å². The molecule has 16 heavy (non-hydrogen) atoms. The van der Waals surface area contributed by atoms with Crippen LogP contribution in [0.15, 0.2) is 34.1 Å². The van der Waals surface area contributed by atoms with E-state index in [-0.39, 0.29) is 9.79 Å². The van der Waals surface area contributed by atoms with Crippen LogP contribution in [0.2, 0.25) is 0 Å². The van der Waals surface area contributed by atoms with Crippen LogP contribution in [0, 0.1) is 0 Å². The fourth-order valence-corrected chi connectivity index (χ4v) is 2.32. The lowest BCUT2D eigenvalue weighted by molar-refractivity contribution is -0.134. The largest absolute Gasteiger partial charge is 0.611 e. The summed E-state index contributed by atoms with van der Waals surface area (Å²) in [6.07, 6.45) is 0. The van der Waals surface area contributed by atoms with Crippen molar-refractivity contribution in [1.29, 1.82) is 0 Å². The van der Waals surface area contributed by atoms with E-state index >= 15 is 0 Å². The van der Waals surface area contributed by atoms with Crippen LogP contribution in [0.4, 0.5) is 0 Å². The van der Waals surface area contributed by atoms with E-state index in [1.54, 1.807) is 0 Å². The first-order chi connectivity index (χ1) is 7.30. The molecule has 1 unspecified atom stereocenters. The molecular weight excluding hydrogens is 254 g/mol. The highest BCUT2D eigenvalue weighted by atomic mass is 32.2. The Bertz CT molecular complexity index is 482. The van der Waals surface area contributed by atoms with Gasteiger partial charge in [0.05, 0.1) is 4.90 Å². The average molecular weight is 263 g/mol. The second-order valence-corrected chi connectivity index (χ2v) is 5.91. The fourth-order valence-electron chi connectivity index (χ4n) is 0.977. The maximum atomic E-state index is 11.4. The van der Waals surface area contributed by atoms with Crippen molar-refractivity contribution >= 4 is 27.2 Å². The Hall–Kier alpha value is -1.09. The molecule has 1 rings (SSSR count). The predicted octanol–water partition coefficient (Wildman–Crippen LogP) is -0.474. The van der Waals surface area contributed by atoms with Crippen molar-refractivity contribution in [3.8, 4) is 0 Å². The van der Waals surface area contributed by atoms with Crippen molar-refractivity contribution in [2.75, 3.05) is 5.75 Å². The Balaban J connectivity index is 2.91. The average Bonchev–Trinajstić information content (AvgIpc) is 2.15. The molecule has 1 aromatic rings. The Morgan fingerprint density at radius 1 is 1.38 bits per heavy atom. The smallest absolute Gasteiger partial charge is 0.354 e. The molecule has 0 spiro atoms. The number of benzene rings is 1. The van der Waals surface area contributed by atoms with Gasteiger partial charge in [0.25, 0.3) is 0 Å². The molecule has 0 aliphatic carbocycles. The number of nitrogens with two attached hydrogens (primary N) is 1. The van der Waals surface area contributed by atoms with Gasteiger partial charge in [-0.25, -0.2) is 18.4 Å². The quantitative estimate of drug-likeness (QED) is 0.711. The molecule has 0 amide bonds. The third kappa shape index (κ3) is 3.49. The van der Waals surface area contributed by atoms with Gasteiger partial charge in [-0.05, 0) is 35.4 Å². The second-order valence-electron chi connectivity index (χ2n) is 2.90. The van der Waals surface area contributed by atoms with Crippen LogP contribution in [-0.4, -0.2) is 29.8 Å². The molecule has 0 aliphatic heterocycles. The highest BCUT2D eigenvalue weighted by molar-refractivity contribution is 7.92. The van der Waals surface area contributed by atoms with E-state index in [0.29, 0.717) is 0 Å². The second kappa shape index (κ2) is 4.83. The van der Waals surface area contributed by atoms with Gasteiger partial charge in [0, 0.05) is 0 Å². The maximum Gasteiger partial charge on any atom is 0.354 e. The first kappa shape index (κ1) is 13.0. The van der Waals surface area contributed by atoms with E-state index in [9.17, 15) is 17.8 Å². The van der Waals surface area contributed by atoms with E-state index in [0.717, 1.165) is 0 Å². The highest BCUT2D eigenvalue weighted by Gasteiger charge is 2.16. The van der Waals surface area contributed by atoms with E-state index in [1.165, 1.54) is 24.3 Å². The summed E-state index contributed by atoms with van der Waals surface area (Å²) in [7, 11) is -3.78. The molecule has 6 nitrogen and oxygen atoms in total. The molecule has 0 saturated carbocycles. The number of carboxylic acids is 1. The standard InChI is InChI=1S/C8H9NO5S2/c9-16(13,14)7-3-1-6(2-4-7)15(12)5-8(10)11/h1-4H,5H2,(H,10,11)(H2,9,13,14). The van der Waals surface area contributed by atoms with Crippen LogP contribution in [-0.2, 0) is 26.0 Å². The lowest BCUT2D eigenvalue weighted by Crippen LogP contribution is -2.16. The molecule has 0 heterocycles. The Labute approximate surface area is 95.3 Å². The van der Waals surface area contributed by atoms with Crippen molar-refractivity contribution in [2.45, 2.75) is 9.79 Å². The summed E-state index contributed by atoms with van der Waals surface area (Å²) in [4.78, 5) is 10.4. The number of aliphatic carboxylic acids is 1. The minimum atomic E-state index is -3.78. The van der Waals surface area contributed by atoms with Crippen LogP contribution >= 0.6 is 0 Å². The molecular formula is C8H9NO5S2. The third-order valence-corrected chi connectivity index (χ3v) is 3.91. The lowest BCUT2D eigenvalue weighted by Gasteiger charge is -2.07. The number of hydrogen-bond acceptors (Lipinski definition) is 4. The van der Waals surface area contributed by atoms with Crippen molar-refractivity contribution in [3.05, 3.63) is 24.3 Å². The minimum absolute atomic E-state index is 0.108. The molecule has 1 atom stereocenters. The number of rotatable bonds is 4. The van der Waals surface area contributed by atoms with Crippen LogP contribution in [0.5, 0.6) is 0 Å². The fraction of sp³-hybridized carbons (Fsp3) is 0.125. The van der Waals surface area contributed by atoms with Crippen molar-refractivity contribution < 1.29 is 22.9 Å². The molecule has 0 fully saturated rings. The van der Waals surface area contributed by atoms with Crippen molar-refractivity contribution in [3.63, 3.8) is 0 Å². The highest BCUT2D eigenvalue weighted by Crippen LogP contribution is 2.14. The minimum Gasteiger partial charge on any atom is -0.611 e. The Morgan fingerprint density at radius 2 is 1.88 bits per heavy atom. The Morgan fingerprint density at radius 3 is 2.25 bits per heavy atom.